The molecule has 0 saturated heterocycles. The predicted molar refractivity (Wildman–Crippen MR) is 137 cm³/mol. The van der Waals surface area contributed by atoms with E-state index in [0.29, 0.717) is 24.7 Å². The van der Waals surface area contributed by atoms with E-state index in [1.807, 2.05) is 32.2 Å². The van der Waals surface area contributed by atoms with Crippen LogP contribution in [-0.4, -0.2) is 63.5 Å². The summed E-state index contributed by atoms with van der Waals surface area (Å²) in [5, 5.41) is 11.1. The van der Waals surface area contributed by atoms with Gasteiger partial charge < -0.3 is 20.0 Å². The summed E-state index contributed by atoms with van der Waals surface area (Å²) in [4.78, 5) is 25.5. The van der Waals surface area contributed by atoms with Crippen LogP contribution >= 0.6 is 0 Å². The molecule has 1 saturated carbocycles. The summed E-state index contributed by atoms with van der Waals surface area (Å²) in [5.41, 5.74) is 4.46. The first-order chi connectivity index (χ1) is 16.7. The van der Waals surface area contributed by atoms with Crippen molar-refractivity contribution in [2.45, 2.75) is 58.3 Å². The van der Waals surface area contributed by atoms with Crippen molar-refractivity contribution in [3.05, 3.63) is 29.3 Å². The molecule has 3 N–H and O–H groups in total. The number of aliphatic imine (C=N–C) groups is 2. The average molecular weight is 475 g/mol. The molecule has 1 heterocycles. The lowest BCUT2D eigenvalue weighted by Gasteiger charge is -2.15. The maximum Gasteiger partial charge on any atom is 0.217 e. The molecule has 1 aromatic carbocycles. The van der Waals surface area contributed by atoms with Gasteiger partial charge in [-0.15, -0.1) is 0 Å². The van der Waals surface area contributed by atoms with Crippen molar-refractivity contribution in [1.29, 1.82) is 0 Å². The van der Waals surface area contributed by atoms with Gasteiger partial charge in [-0.2, -0.15) is 0 Å². The first kappa shape index (κ1) is 27.8. The fourth-order valence-electron chi connectivity index (χ4n) is 3.65. The van der Waals surface area contributed by atoms with Crippen LogP contribution in [0.15, 0.2) is 28.2 Å². The third-order valence-electron chi connectivity index (χ3n) is 5.95. The molecule has 1 atom stereocenters. The molecule has 1 aliphatic heterocycles. The smallest absolute Gasteiger partial charge is 0.217 e. The Hall–Kier alpha value is -2.45. The maximum atomic E-state index is 10.9. The number of hydrogen-bond acceptors (Lipinski definition) is 8. The van der Waals surface area contributed by atoms with Crippen LogP contribution in [0.2, 0.25) is 0 Å². The molecule has 34 heavy (non-hydrogen) atoms. The number of ether oxygens (including phenoxy) is 1. The molecule has 1 aromatic rings. The van der Waals surface area contributed by atoms with Crippen molar-refractivity contribution in [3.63, 3.8) is 0 Å². The molecular weight excluding hydrogens is 432 g/mol. The van der Waals surface area contributed by atoms with Crippen molar-refractivity contribution >= 4 is 18.5 Å². The monoisotopic (exact) mass is 474 g/mol. The van der Waals surface area contributed by atoms with Crippen LogP contribution in [0.1, 0.15) is 67.3 Å². The molecule has 2 aliphatic rings. The predicted octanol–water partition coefficient (Wildman–Crippen LogP) is 3.71. The van der Waals surface area contributed by atoms with Gasteiger partial charge >= 0.3 is 0 Å². The largest absolute Gasteiger partial charge is 0.494 e. The topological polar surface area (TPSA) is 105 Å². The van der Waals surface area contributed by atoms with Gasteiger partial charge in [0.2, 0.25) is 5.90 Å². The normalized spacial score (nSPS) is 18.3. The Balaban J connectivity index is 0.000000604. The minimum atomic E-state index is 0.292. The van der Waals surface area contributed by atoms with Gasteiger partial charge in [0, 0.05) is 31.7 Å². The third kappa shape index (κ3) is 12.1. The molecule has 1 unspecified atom stereocenters. The number of carbonyl (C=O) groups is 1. The Morgan fingerprint density at radius 2 is 2.03 bits per heavy atom. The van der Waals surface area contributed by atoms with E-state index in [1.165, 1.54) is 12.8 Å². The van der Waals surface area contributed by atoms with Crippen LogP contribution in [0.3, 0.4) is 0 Å². The van der Waals surface area contributed by atoms with Crippen molar-refractivity contribution < 1.29 is 19.5 Å². The number of nitrogens with zero attached hydrogens (tertiary/aromatic N) is 2. The van der Waals surface area contributed by atoms with Crippen LogP contribution in [0.4, 0.5) is 0 Å². The zero-order valence-corrected chi connectivity index (χ0v) is 20.8. The fraction of sp³-hybridized carbons (Fsp3) is 0.654. The van der Waals surface area contributed by atoms with Crippen molar-refractivity contribution in [2.75, 3.05) is 39.9 Å². The van der Waals surface area contributed by atoms with Crippen LogP contribution in [0.25, 0.3) is 0 Å². The number of aliphatic hydroxyl groups excluding tert-OH is 1. The molecule has 0 spiro atoms. The Morgan fingerprint density at radius 3 is 2.71 bits per heavy atom. The van der Waals surface area contributed by atoms with E-state index in [1.54, 1.807) is 6.34 Å². The van der Waals surface area contributed by atoms with Crippen LogP contribution < -0.4 is 15.5 Å². The number of hydroxylamine groups is 1. The van der Waals surface area contributed by atoms with E-state index in [9.17, 15) is 4.79 Å². The fourth-order valence-corrected chi connectivity index (χ4v) is 3.65. The second-order valence-corrected chi connectivity index (χ2v) is 8.93. The maximum absolute atomic E-state index is 10.9. The van der Waals surface area contributed by atoms with E-state index in [-0.39, 0.29) is 0 Å². The van der Waals surface area contributed by atoms with Crippen LogP contribution in [-0.2, 0) is 4.84 Å². The zero-order valence-electron chi connectivity index (χ0n) is 20.8. The second kappa shape index (κ2) is 17.1. The number of hydrogen-bond donors (Lipinski definition) is 3. The number of aldehydes is 1. The summed E-state index contributed by atoms with van der Waals surface area (Å²) >= 11 is 0. The zero-order chi connectivity index (χ0) is 24.4. The molecule has 0 bridgehead atoms. The molecule has 190 valence electrons. The van der Waals surface area contributed by atoms with Gasteiger partial charge in [-0.25, -0.2) is 5.48 Å². The number of aliphatic hydroxyl groups is 1. The quantitative estimate of drug-likeness (QED) is 0.334. The van der Waals surface area contributed by atoms with Gasteiger partial charge in [0.25, 0.3) is 0 Å². The van der Waals surface area contributed by atoms with Crippen molar-refractivity contribution in [2.24, 2.45) is 21.8 Å². The summed E-state index contributed by atoms with van der Waals surface area (Å²) in [6.45, 7) is 5.42. The lowest BCUT2D eigenvalue weighted by Crippen LogP contribution is -2.19. The van der Waals surface area contributed by atoms with E-state index in [4.69, 9.17) is 14.7 Å². The lowest BCUT2D eigenvalue weighted by molar-refractivity contribution is 0.112. The first-order valence-corrected chi connectivity index (χ1v) is 12.5. The Morgan fingerprint density at radius 1 is 1.21 bits per heavy atom. The van der Waals surface area contributed by atoms with Crippen LogP contribution in [0, 0.1) is 18.8 Å². The van der Waals surface area contributed by atoms with Crippen molar-refractivity contribution in [1.82, 2.24) is 10.8 Å². The first-order valence-electron chi connectivity index (χ1n) is 12.5. The number of aryl methyl sites for hydroxylation is 1. The Bertz CT molecular complexity index is 761. The van der Waals surface area contributed by atoms with Crippen LogP contribution in [0.5, 0.6) is 5.75 Å². The number of benzene rings is 1. The lowest BCUT2D eigenvalue weighted by atomic mass is 9.96. The number of carbonyl (C=O) groups excluding carboxylic acids is 1. The molecular formula is C26H42N4O4. The van der Waals surface area contributed by atoms with Gasteiger partial charge in [-0.3, -0.25) is 14.8 Å². The highest BCUT2D eigenvalue weighted by molar-refractivity contribution is 5.77. The summed E-state index contributed by atoms with van der Waals surface area (Å²) in [7, 11) is 1.87. The summed E-state index contributed by atoms with van der Waals surface area (Å²) < 4.78 is 5.86. The Labute approximate surface area is 204 Å². The summed E-state index contributed by atoms with van der Waals surface area (Å²) in [6.07, 6.45) is 11.1. The molecule has 0 aromatic heterocycles. The van der Waals surface area contributed by atoms with Crippen molar-refractivity contribution in [3.8, 4) is 5.75 Å². The standard InChI is InChI=1S/C22H31N3O3.C4H11NO/c1-17-13-21(7-6-20(17)15-26)27-12-2-3-18-8-10-23-16-25-28-22(24-11-9-18)14-19-4-5-19;1-5-3-2-4-6/h6-7,13,15-16,18-19H,2-5,8-12,14H2,1H3,(H,23,25);5-6H,2-4H2,1H3. The average Bonchev–Trinajstić information content (AvgIpc) is 3.66. The summed E-state index contributed by atoms with van der Waals surface area (Å²) in [6, 6.07) is 5.60. The van der Waals surface area contributed by atoms with Gasteiger partial charge in [0.05, 0.1) is 6.61 Å². The van der Waals surface area contributed by atoms with Gasteiger partial charge in [-0.05, 0) is 101 Å². The molecule has 8 heteroatoms. The van der Waals surface area contributed by atoms with E-state index < -0.39 is 0 Å². The third-order valence-corrected chi connectivity index (χ3v) is 5.95. The number of nitrogens with one attached hydrogen (secondary N) is 2. The van der Waals surface area contributed by atoms with Gasteiger partial charge in [0.15, 0.2) is 0 Å². The molecule has 1 aliphatic carbocycles. The minimum absolute atomic E-state index is 0.292. The second-order valence-electron chi connectivity index (χ2n) is 8.93. The molecule has 8 nitrogen and oxygen atoms in total. The summed E-state index contributed by atoms with van der Waals surface area (Å²) in [5.74, 6) is 2.98. The highest BCUT2D eigenvalue weighted by atomic mass is 16.7. The van der Waals surface area contributed by atoms with E-state index >= 15 is 0 Å². The highest BCUT2D eigenvalue weighted by Crippen LogP contribution is 2.32. The van der Waals surface area contributed by atoms with Gasteiger partial charge in [0.1, 0.15) is 18.4 Å². The van der Waals surface area contributed by atoms with Gasteiger partial charge in [-0.1, -0.05) is 0 Å². The Kier molecular flexibility index (Phi) is 13.9. The molecule has 0 radical (unpaired) electrons. The highest BCUT2D eigenvalue weighted by Gasteiger charge is 2.24. The minimum Gasteiger partial charge on any atom is -0.494 e. The number of rotatable bonds is 11. The molecule has 3 rings (SSSR count). The van der Waals surface area contributed by atoms with E-state index in [0.717, 1.165) is 87.6 Å². The molecule has 0 amide bonds. The SMILES string of the molecule is CNCCCO.Cc1cc(OCCCC2CCN=CNOC(CC3CC3)=NCC2)ccc1C=O. The van der Waals surface area contributed by atoms with E-state index in [2.05, 4.69) is 20.8 Å². The molecule has 1 fully saturated rings.